The number of rotatable bonds is 2. The van der Waals surface area contributed by atoms with Crippen LogP contribution in [-0.4, -0.2) is 15.3 Å². The Bertz CT molecular complexity index is 1060. The van der Waals surface area contributed by atoms with E-state index in [9.17, 15) is 4.79 Å². The van der Waals surface area contributed by atoms with Gasteiger partial charge in [-0.3, -0.25) is 4.79 Å². The first-order valence-corrected chi connectivity index (χ1v) is 8.86. The molecule has 2 aromatic heterocycles. The van der Waals surface area contributed by atoms with E-state index in [1.54, 1.807) is 11.3 Å². The molecule has 1 aliphatic heterocycles. The van der Waals surface area contributed by atoms with Crippen molar-refractivity contribution in [2.24, 2.45) is 0 Å². The van der Waals surface area contributed by atoms with Crippen molar-refractivity contribution in [3.8, 4) is 21.8 Å². The zero-order valence-electron chi connectivity index (χ0n) is 12.9. The fraction of sp³-hybridized carbons (Fsp3) is 0.100. The third kappa shape index (κ3) is 1.96. The number of imidazole rings is 1. The molecule has 4 heteroatoms. The fourth-order valence-corrected chi connectivity index (χ4v) is 4.16. The van der Waals surface area contributed by atoms with Crippen molar-refractivity contribution in [2.45, 2.75) is 13.0 Å². The molecule has 0 atom stereocenters. The van der Waals surface area contributed by atoms with Gasteiger partial charge < -0.3 is 4.57 Å². The van der Waals surface area contributed by atoms with Gasteiger partial charge in [-0.1, -0.05) is 36.4 Å². The summed E-state index contributed by atoms with van der Waals surface area (Å²) in [5.74, 6) is 1.16. The molecular formula is C20H14N2OS. The third-order valence-electron chi connectivity index (χ3n) is 4.58. The van der Waals surface area contributed by atoms with Crippen LogP contribution in [-0.2, 0) is 6.54 Å². The molecule has 0 saturated carbocycles. The van der Waals surface area contributed by atoms with Crippen molar-refractivity contribution in [2.75, 3.05) is 0 Å². The second-order valence-corrected chi connectivity index (χ2v) is 6.94. The van der Waals surface area contributed by atoms with E-state index in [2.05, 4.69) is 46.3 Å². The number of Topliss-reactive ketones (excluding diaryl/α,β-unsaturated/α-hetero) is 1. The van der Waals surface area contributed by atoms with E-state index in [-0.39, 0.29) is 5.78 Å². The lowest BCUT2D eigenvalue weighted by atomic mass is 10.0. The SMILES string of the molecule is O=C1CCn2c(-c3ccc(-c4cccs4)cc3)nc3cccc1c32. The minimum absolute atomic E-state index is 0.215. The van der Waals surface area contributed by atoms with Gasteiger partial charge in [0.15, 0.2) is 5.78 Å². The molecular weight excluding hydrogens is 316 g/mol. The van der Waals surface area contributed by atoms with Gasteiger partial charge in [-0.25, -0.2) is 4.98 Å². The Kier molecular flexibility index (Phi) is 2.94. The molecule has 3 heterocycles. The first-order chi connectivity index (χ1) is 11.8. The average molecular weight is 330 g/mol. The number of ketones is 1. The highest BCUT2D eigenvalue weighted by atomic mass is 32.1. The number of thiophene rings is 1. The molecule has 0 unspecified atom stereocenters. The van der Waals surface area contributed by atoms with Crippen LogP contribution in [0.2, 0.25) is 0 Å². The second-order valence-electron chi connectivity index (χ2n) is 5.99. The Hall–Kier alpha value is -2.72. The Morgan fingerprint density at radius 2 is 1.79 bits per heavy atom. The smallest absolute Gasteiger partial charge is 0.166 e. The van der Waals surface area contributed by atoms with Gasteiger partial charge in [-0.2, -0.15) is 0 Å². The molecule has 5 rings (SSSR count). The summed E-state index contributed by atoms with van der Waals surface area (Å²) in [5, 5.41) is 2.09. The summed E-state index contributed by atoms with van der Waals surface area (Å²) in [5.41, 5.74) is 4.99. The molecule has 24 heavy (non-hydrogen) atoms. The maximum Gasteiger partial charge on any atom is 0.166 e. The van der Waals surface area contributed by atoms with E-state index in [1.165, 1.54) is 10.4 Å². The van der Waals surface area contributed by atoms with E-state index < -0.39 is 0 Å². The number of aryl methyl sites for hydroxylation is 1. The van der Waals surface area contributed by atoms with Crippen molar-refractivity contribution in [3.63, 3.8) is 0 Å². The van der Waals surface area contributed by atoms with Crippen LogP contribution in [0.3, 0.4) is 0 Å². The van der Waals surface area contributed by atoms with Crippen molar-refractivity contribution in [3.05, 3.63) is 65.5 Å². The summed E-state index contributed by atoms with van der Waals surface area (Å²) in [6.07, 6.45) is 0.544. The van der Waals surface area contributed by atoms with Crippen LogP contribution in [0.4, 0.5) is 0 Å². The highest BCUT2D eigenvalue weighted by Crippen LogP contribution is 2.32. The fourth-order valence-electron chi connectivity index (χ4n) is 3.42. The lowest BCUT2D eigenvalue weighted by molar-refractivity contribution is 0.0973. The Balaban J connectivity index is 1.67. The summed E-state index contributed by atoms with van der Waals surface area (Å²) >= 11 is 1.74. The van der Waals surface area contributed by atoms with Gasteiger partial charge in [0.05, 0.1) is 11.0 Å². The van der Waals surface area contributed by atoms with E-state index in [0.29, 0.717) is 13.0 Å². The van der Waals surface area contributed by atoms with Crippen LogP contribution in [0.1, 0.15) is 16.8 Å². The molecule has 4 aromatic rings. The normalized spacial score (nSPS) is 13.6. The monoisotopic (exact) mass is 330 g/mol. The van der Waals surface area contributed by atoms with Crippen LogP contribution >= 0.6 is 11.3 Å². The summed E-state index contributed by atoms with van der Waals surface area (Å²) in [6.45, 7) is 0.703. The number of benzene rings is 2. The number of carbonyl (C=O) groups is 1. The summed E-state index contributed by atoms with van der Waals surface area (Å²) in [6, 6.07) is 18.5. The number of nitrogens with zero attached hydrogens (tertiary/aromatic N) is 2. The summed E-state index contributed by atoms with van der Waals surface area (Å²) in [4.78, 5) is 18.2. The minimum Gasteiger partial charge on any atom is -0.323 e. The predicted molar refractivity (Wildman–Crippen MR) is 97.4 cm³/mol. The zero-order valence-corrected chi connectivity index (χ0v) is 13.7. The molecule has 0 N–H and O–H groups in total. The van der Waals surface area contributed by atoms with Gasteiger partial charge in [0.2, 0.25) is 0 Å². The van der Waals surface area contributed by atoms with Crippen molar-refractivity contribution >= 4 is 28.2 Å². The third-order valence-corrected chi connectivity index (χ3v) is 5.50. The highest BCUT2D eigenvalue weighted by molar-refractivity contribution is 7.13. The minimum atomic E-state index is 0.215. The van der Waals surface area contributed by atoms with Gasteiger partial charge in [0.25, 0.3) is 0 Å². The molecule has 3 nitrogen and oxygen atoms in total. The number of aromatic nitrogens is 2. The quantitative estimate of drug-likeness (QED) is 0.517. The second kappa shape index (κ2) is 5.14. The number of hydrogen-bond acceptors (Lipinski definition) is 3. The molecule has 0 spiro atoms. The molecule has 0 radical (unpaired) electrons. The van der Waals surface area contributed by atoms with Gasteiger partial charge in [0, 0.05) is 29.0 Å². The molecule has 1 aliphatic rings. The molecule has 116 valence electrons. The van der Waals surface area contributed by atoms with Crippen LogP contribution in [0.15, 0.2) is 60.0 Å². The topological polar surface area (TPSA) is 34.9 Å². The summed E-state index contributed by atoms with van der Waals surface area (Å²) in [7, 11) is 0. The average Bonchev–Trinajstić information content (AvgIpc) is 3.27. The summed E-state index contributed by atoms with van der Waals surface area (Å²) < 4.78 is 2.19. The maximum atomic E-state index is 12.2. The largest absolute Gasteiger partial charge is 0.323 e. The van der Waals surface area contributed by atoms with E-state index >= 15 is 0 Å². The Labute approximate surface area is 143 Å². The Morgan fingerprint density at radius 1 is 0.958 bits per heavy atom. The van der Waals surface area contributed by atoms with Gasteiger partial charge in [-0.05, 0) is 29.1 Å². The molecule has 0 fully saturated rings. The van der Waals surface area contributed by atoms with Crippen LogP contribution < -0.4 is 0 Å². The van der Waals surface area contributed by atoms with Gasteiger partial charge in [0.1, 0.15) is 5.82 Å². The van der Waals surface area contributed by atoms with E-state index in [4.69, 9.17) is 4.98 Å². The predicted octanol–water partition coefficient (Wildman–Crippen LogP) is 5.02. The van der Waals surface area contributed by atoms with Crippen molar-refractivity contribution in [1.29, 1.82) is 0 Å². The first-order valence-electron chi connectivity index (χ1n) is 7.98. The first kappa shape index (κ1) is 13.7. The maximum absolute atomic E-state index is 12.2. The molecule has 0 saturated heterocycles. The zero-order chi connectivity index (χ0) is 16.1. The standard InChI is InChI=1S/C20H14N2OS/c23-17-10-11-22-19-15(17)3-1-4-16(19)21-20(22)14-8-6-13(7-9-14)18-5-2-12-24-18/h1-9,12H,10-11H2. The van der Waals surface area contributed by atoms with Gasteiger partial charge >= 0.3 is 0 Å². The highest BCUT2D eigenvalue weighted by Gasteiger charge is 2.23. The molecule has 2 aromatic carbocycles. The van der Waals surface area contributed by atoms with Gasteiger partial charge in [-0.15, -0.1) is 11.3 Å². The number of hydrogen-bond donors (Lipinski definition) is 0. The lowest BCUT2D eigenvalue weighted by Gasteiger charge is -2.15. The number of carbonyl (C=O) groups excluding carboxylic acids is 1. The van der Waals surface area contributed by atoms with E-state index in [1.807, 2.05) is 18.2 Å². The Morgan fingerprint density at radius 3 is 2.58 bits per heavy atom. The number of para-hydroxylation sites is 1. The van der Waals surface area contributed by atoms with Crippen LogP contribution in [0.5, 0.6) is 0 Å². The van der Waals surface area contributed by atoms with Crippen molar-refractivity contribution < 1.29 is 4.79 Å². The molecule has 0 aliphatic carbocycles. The van der Waals surface area contributed by atoms with Crippen LogP contribution in [0.25, 0.3) is 32.9 Å². The molecule has 0 amide bonds. The molecule has 0 bridgehead atoms. The van der Waals surface area contributed by atoms with Crippen molar-refractivity contribution in [1.82, 2.24) is 9.55 Å². The van der Waals surface area contributed by atoms with Crippen LogP contribution in [0, 0.1) is 0 Å². The lowest BCUT2D eigenvalue weighted by Crippen LogP contribution is -2.14. The van der Waals surface area contributed by atoms with E-state index in [0.717, 1.165) is 28.0 Å².